The molecule has 32 heavy (non-hydrogen) atoms. The Morgan fingerprint density at radius 1 is 1.06 bits per heavy atom. The molecular formula is C26H25N3O3. The molecule has 3 aromatic rings. The van der Waals surface area contributed by atoms with Crippen molar-refractivity contribution in [3.05, 3.63) is 77.2 Å². The Labute approximate surface area is 187 Å². The van der Waals surface area contributed by atoms with Gasteiger partial charge >= 0.3 is 5.97 Å². The van der Waals surface area contributed by atoms with E-state index in [1.165, 1.54) is 4.57 Å². The molecule has 0 atom stereocenters. The Bertz CT molecular complexity index is 1230. The summed E-state index contributed by atoms with van der Waals surface area (Å²) in [4.78, 5) is 21.5. The van der Waals surface area contributed by atoms with E-state index in [-0.39, 0.29) is 12.4 Å². The van der Waals surface area contributed by atoms with E-state index < -0.39 is 11.6 Å². The third kappa shape index (κ3) is 4.86. The highest BCUT2D eigenvalue weighted by atomic mass is 16.6. The molecule has 1 N–H and O–H groups in total. The molecule has 0 saturated carbocycles. The maximum absolute atomic E-state index is 12.5. The van der Waals surface area contributed by atoms with Gasteiger partial charge in [0.1, 0.15) is 23.7 Å². The molecule has 6 heteroatoms. The number of aliphatic imine (C=N–C) groups is 1. The Morgan fingerprint density at radius 3 is 2.53 bits per heavy atom. The number of imidazole rings is 1. The lowest BCUT2D eigenvalue weighted by Gasteiger charge is -2.20. The molecule has 0 radical (unpaired) electrons. The van der Waals surface area contributed by atoms with Crippen molar-refractivity contribution in [2.75, 3.05) is 0 Å². The third-order valence-corrected chi connectivity index (χ3v) is 4.78. The maximum Gasteiger partial charge on any atom is 0.326 e. The zero-order chi connectivity index (χ0) is 22.7. The molecule has 6 nitrogen and oxygen atoms in total. The second kappa shape index (κ2) is 8.67. The minimum Gasteiger partial charge on any atom is -0.493 e. The number of ether oxygens (including phenoxy) is 1. The maximum atomic E-state index is 12.5. The fraction of sp³-hybridized carbons (Fsp3) is 0.192. The Morgan fingerprint density at radius 2 is 1.78 bits per heavy atom. The summed E-state index contributed by atoms with van der Waals surface area (Å²) in [7, 11) is 0. The van der Waals surface area contributed by atoms with Gasteiger partial charge in [0.15, 0.2) is 0 Å². The van der Waals surface area contributed by atoms with Gasteiger partial charge < -0.3 is 9.84 Å². The molecule has 1 aliphatic heterocycles. The largest absolute Gasteiger partial charge is 0.493 e. The first-order valence-corrected chi connectivity index (χ1v) is 10.4. The van der Waals surface area contributed by atoms with Gasteiger partial charge in [0.2, 0.25) is 5.88 Å². The molecule has 0 fully saturated rings. The van der Waals surface area contributed by atoms with E-state index in [1.54, 1.807) is 18.4 Å². The van der Waals surface area contributed by atoms with E-state index in [0.29, 0.717) is 11.5 Å². The standard InChI is InChI=1S/C26H25N3O3/c1-26(2,3)32-24(30)17-29-23(14-13-18-9-5-4-6-10-18)28-22(25(29)31)15-19-16-27-21-12-8-7-11-20(19)21/h4-16,31H,17H2,1-3H3/b14-13+,19-15?. The smallest absolute Gasteiger partial charge is 0.326 e. The SMILES string of the molecule is CC(C)(C)OC(=O)Cn1c(/C=C/c2ccccc2)nc(C=C2C=Nc3ccccc32)c1O. The van der Waals surface area contributed by atoms with Crippen molar-refractivity contribution in [3.8, 4) is 5.88 Å². The number of fused-ring (bicyclic) bond motifs is 1. The van der Waals surface area contributed by atoms with Crippen LogP contribution in [-0.2, 0) is 16.1 Å². The van der Waals surface area contributed by atoms with E-state index in [9.17, 15) is 9.90 Å². The summed E-state index contributed by atoms with van der Waals surface area (Å²) in [6.45, 7) is 5.27. The number of allylic oxidation sites excluding steroid dienone is 1. The van der Waals surface area contributed by atoms with E-state index in [4.69, 9.17) is 4.74 Å². The Kier molecular flexibility index (Phi) is 5.77. The van der Waals surface area contributed by atoms with Crippen LogP contribution in [0.4, 0.5) is 5.69 Å². The van der Waals surface area contributed by atoms with Crippen LogP contribution in [0.1, 0.15) is 43.4 Å². The molecule has 0 amide bonds. The number of aromatic hydroxyl groups is 1. The molecule has 0 saturated heterocycles. The quantitative estimate of drug-likeness (QED) is 0.556. The molecule has 162 valence electrons. The van der Waals surface area contributed by atoms with Gasteiger partial charge in [-0.15, -0.1) is 0 Å². The Hall–Kier alpha value is -3.93. The monoisotopic (exact) mass is 427 g/mol. The second-order valence-electron chi connectivity index (χ2n) is 8.47. The van der Waals surface area contributed by atoms with Gasteiger partial charge in [-0.3, -0.25) is 14.4 Å². The van der Waals surface area contributed by atoms with E-state index in [2.05, 4.69) is 9.98 Å². The highest BCUT2D eigenvalue weighted by Crippen LogP contribution is 2.33. The number of rotatable bonds is 5. The van der Waals surface area contributed by atoms with Gasteiger partial charge in [0, 0.05) is 17.4 Å². The zero-order valence-electron chi connectivity index (χ0n) is 18.3. The van der Waals surface area contributed by atoms with Crippen molar-refractivity contribution in [3.63, 3.8) is 0 Å². The van der Waals surface area contributed by atoms with Crippen LogP contribution in [0.15, 0.2) is 59.6 Å². The number of nitrogens with zero attached hydrogens (tertiary/aromatic N) is 3. The zero-order valence-corrected chi connectivity index (χ0v) is 18.3. The summed E-state index contributed by atoms with van der Waals surface area (Å²) in [5.74, 6) is -0.104. The van der Waals surface area contributed by atoms with Crippen molar-refractivity contribution in [1.29, 1.82) is 0 Å². The lowest BCUT2D eigenvalue weighted by Crippen LogP contribution is -2.26. The number of benzene rings is 2. The van der Waals surface area contributed by atoms with Gasteiger partial charge in [-0.1, -0.05) is 54.6 Å². The van der Waals surface area contributed by atoms with Crippen molar-refractivity contribution in [1.82, 2.24) is 9.55 Å². The molecule has 0 aliphatic carbocycles. The minimum absolute atomic E-state index is 0.103. The minimum atomic E-state index is -0.623. The number of carbonyl (C=O) groups excluding carboxylic acids is 1. The molecule has 4 rings (SSSR count). The number of carbonyl (C=O) groups is 1. The van der Waals surface area contributed by atoms with Crippen molar-refractivity contribution in [2.24, 2.45) is 4.99 Å². The number of hydrogen-bond acceptors (Lipinski definition) is 5. The van der Waals surface area contributed by atoms with E-state index in [1.807, 2.05) is 81.4 Å². The second-order valence-corrected chi connectivity index (χ2v) is 8.47. The molecule has 1 aromatic heterocycles. The van der Waals surface area contributed by atoms with Crippen LogP contribution in [0, 0.1) is 0 Å². The topological polar surface area (TPSA) is 76.7 Å². The molecule has 0 spiro atoms. The van der Waals surface area contributed by atoms with Gasteiger partial charge in [0.05, 0.1) is 5.69 Å². The first-order valence-electron chi connectivity index (χ1n) is 10.4. The van der Waals surface area contributed by atoms with Gasteiger partial charge in [-0.25, -0.2) is 4.98 Å². The molecule has 1 aliphatic rings. The molecule has 0 unspecified atom stereocenters. The molecule has 0 bridgehead atoms. The van der Waals surface area contributed by atoms with Crippen LogP contribution in [-0.4, -0.2) is 32.4 Å². The van der Waals surface area contributed by atoms with Crippen LogP contribution < -0.4 is 0 Å². The highest BCUT2D eigenvalue weighted by molar-refractivity contribution is 6.21. The van der Waals surface area contributed by atoms with Crippen LogP contribution in [0.3, 0.4) is 0 Å². The fourth-order valence-electron chi connectivity index (χ4n) is 3.40. The van der Waals surface area contributed by atoms with E-state index >= 15 is 0 Å². The average molecular weight is 428 g/mol. The van der Waals surface area contributed by atoms with Crippen molar-refractivity contribution >= 4 is 41.7 Å². The number of aromatic nitrogens is 2. The predicted molar refractivity (Wildman–Crippen MR) is 128 cm³/mol. The first-order chi connectivity index (χ1) is 15.3. The van der Waals surface area contributed by atoms with Crippen molar-refractivity contribution < 1.29 is 14.6 Å². The summed E-state index contributed by atoms with van der Waals surface area (Å²) < 4.78 is 6.90. The fourth-order valence-corrected chi connectivity index (χ4v) is 3.40. The number of esters is 1. The number of para-hydroxylation sites is 1. The van der Waals surface area contributed by atoms with Crippen molar-refractivity contribution in [2.45, 2.75) is 32.9 Å². The van der Waals surface area contributed by atoms with E-state index in [0.717, 1.165) is 22.4 Å². The third-order valence-electron chi connectivity index (χ3n) is 4.78. The highest BCUT2D eigenvalue weighted by Gasteiger charge is 2.22. The number of hydrogen-bond donors (Lipinski definition) is 1. The lowest BCUT2D eigenvalue weighted by atomic mass is 10.1. The van der Waals surface area contributed by atoms with Crippen LogP contribution in [0.2, 0.25) is 0 Å². The van der Waals surface area contributed by atoms with Gasteiger partial charge in [0.25, 0.3) is 0 Å². The molecule has 2 heterocycles. The molecule has 2 aromatic carbocycles. The summed E-state index contributed by atoms with van der Waals surface area (Å²) >= 11 is 0. The summed E-state index contributed by atoms with van der Waals surface area (Å²) in [5.41, 5.74) is 3.40. The molecular weight excluding hydrogens is 402 g/mol. The lowest BCUT2D eigenvalue weighted by molar-refractivity contribution is -0.155. The Balaban J connectivity index is 1.71. The first kappa shape index (κ1) is 21.3. The van der Waals surface area contributed by atoms with Crippen LogP contribution >= 0.6 is 0 Å². The van der Waals surface area contributed by atoms with Crippen LogP contribution in [0.25, 0.3) is 23.8 Å². The van der Waals surface area contributed by atoms with Gasteiger partial charge in [-0.05, 0) is 44.6 Å². The normalized spacial score (nSPS) is 14.3. The van der Waals surface area contributed by atoms with Gasteiger partial charge in [-0.2, -0.15) is 0 Å². The summed E-state index contributed by atoms with van der Waals surface area (Å²) in [6, 6.07) is 17.5. The predicted octanol–water partition coefficient (Wildman–Crippen LogP) is 5.36. The average Bonchev–Trinajstić information content (AvgIpc) is 3.28. The summed E-state index contributed by atoms with van der Waals surface area (Å²) in [6.07, 6.45) is 7.18. The summed E-state index contributed by atoms with van der Waals surface area (Å²) in [5, 5.41) is 10.9. The van der Waals surface area contributed by atoms with Crippen LogP contribution in [0.5, 0.6) is 5.88 Å².